The molecule has 0 saturated carbocycles. The van der Waals surface area contributed by atoms with Crippen LogP contribution in [0.1, 0.15) is 55.9 Å². The van der Waals surface area contributed by atoms with E-state index in [1.54, 1.807) is 0 Å². The van der Waals surface area contributed by atoms with Crippen molar-refractivity contribution in [2.24, 2.45) is 0 Å². The molecule has 0 saturated heterocycles. The first-order valence-electron chi connectivity index (χ1n) is 13.1. The number of nitrogens with zero attached hydrogens (tertiary/aromatic N) is 1. The molecule has 1 aliphatic heterocycles. The zero-order chi connectivity index (χ0) is 26.4. The third-order valence-corrected chi connectivity index (χ3v) is 6.63. The van der Waals surface area contributed by atoms with Crippen molar-refractivity contribution in [3.63, 3.8) is 0 Å². The Labute approximate surface area is 219 Å². The summed E-state index contributed by atoms with van der Waals surface area (Å²) in [4.78, 5) is 2.33. The van der Waals surface area contributed by atoms with Crippen LogP contribution in [0.4, 0.5) is 0 Å². The van der Waals surface area contributed by atoms with Crippen LogP contribution < -0.4 is 10.1 Å². The highest BCUT2D eigenvalue weighted by Gasteiger charge is 2.23. The van der Waals surface area contributed by atoms with Crippen molar-refractivity contribution in [2.45, 2.75) is 40.2 Å². The molecule has 3 aromatic rings. The minimum atomic E-state index is 0.250. The van der Waals surface area contributed by atoms with Crippen LogP contribution in [-0.2, 0) is 16.0 Å². The molecule has 0 aromatic heterocycles. The number of rotatable bonds is 13. The fourth-order valence-electron chi connectivity index (χ4n) is 4.53. The van der Waals surface area contributed by atoms with Gasteiger partial charge in [-0.1, -0.05) is 38.1 Å². The number of nitrogens with one attached hydrogen (secondary N) is 3. The van der Waals surface area contributed by atoms with Gasteiger partial charge in [0.05, 0.1) is 13.2 Å². The van der Waals surface area contributed by atoms with E-state index in [0.29, 0.717) is 32.3 Å². The zero-order valence-electron chi connectivity index (χ0n) is 22.3. The molecule has 0 aliphatic carbocycles. The highest BCUT2D eigenvalue weighted by molar-refractivity contribution is 6.25. The number of amidine groups is 2. The number of benzene rings is 3. The van der Waals surface area contributed by atoms with E-state index >= 15 is 0 Å². The summed E-state index contributed by atoms with van der Waals surface area (Å²) < 4.78 is 17.9. The quantitative estimate of drug-likeness (QED) is 0.254. The average molecular weight is 503 g/mol. The molecule has 0 spiro atoms. The molecule has 4 rings (SSSR count). The summed E-state index contributed by atoms with van der Waals surface area (Å²) >= 11 is 0. The summed E-state index contributed by atoms with van der Waals surface area (Å²) in [5.41, 5.74) is 3.74. The summed E-state index contributed by atoms with van der Waals surface area (Å²) in [6.07, 6.45) is 0. The van der Waals surface area contributed by atoms with Gasteiger partial charge in [-0.15, -0.1) is 0 Å². The standard InChI is InChI=1S/C30H38N4O3/c1-5-35-13-11-34(12-14-36-6-2)19-21-9-7-8-10-27(21)37-28-17-22(20(3)4)15-23-16-25-26(18-24(23)28)30(32)33-29(25)31/h7-10,15-18,20H,5-6,11-14,19H2,1-4H3,(H3,31,32,33). The van der Waals surface area contributed by atoms with Crippen LogP contribution in [0.25, 0.3) is 10.8 Å². The smallest absolute Gasteiger partial charge is 0.135 e. The Morgan fingerprint density at radius 3 is 2.14 bits per heavy atom. The largest absolute Gasteiger partial charge is 0.456 e. The molecular weight excluding hydrogens is 464 g/mol. The van der Waals surface area contributed by atoms with Gasteiger partial charge < -0.3 is 19.5 Å². The maximum atomic E-state index is 8.27. The van der Waals surface area contributed by atoms with Crippen LogP contribution in [0, 0.1) is 10.8 Å². The third kappa shape index (κ3) is 6.36. The molecule has 3 aromatic carbocycles. The Balaban J connectivity index is 1.68. The summed E-state index contributed by atoms with van der Waals surface area (Å²) in [5.74, 6) is 2.41. The van der Waals surface area contributed by atoms with Gasteiger partial charge in [-0.3, -0.25) is 15.7 Å². The van der Waals surface area contributed by atoms with Crippen LogP contribution in [0.5, 0.6) is 11.5 Å². The predicted molar refractivity (Wildman–Crippen MR) is 150 cm³/mol. The molecule has 37 heavy (non-hydrogen) atoms. The first-order valence-corrected chi connectivity index (χ1v) is 13.1. The van der Waals surface area contributed by atoms with Crippen LogP contribution >= 0.6 is 0 Å². The molecule has 0 amide bonds. The Hall–Kier alpha value is -3.26. The van der Waals surface area contributed by atoms with E-state index in [1.807, 2.05) is 44.2 Å². The monoisotopic (exact) mass is 502 g/mol. The summed E-state index contributed by atoms with van der Waals surface area (Å²) in [6.45, 7) is 13.5. The van der Waals surface area contributed by atoms with Crippen molar-refractivity contribution in [2.75, 3.05) is 39.5 Å². The Kier molecular flexibility index (Phi) is 8.92. The molecule has 1 heterocycles. The lowest BCUT2D eigenvalue weighted by Crippen LogP contribution is -2.31. The number of para-hydroxylation sites is 1. The van der Waals surface area contributed by atoms with Gasteiger partial charge in [0.2, 0.25) is 0 Å². The molecule has 196 valence electrons. The molecular formula is C30H38N4O3. The maximum Gasteiger partial charge on any atom is 0.135 e. The SMILES string of the molecule is CCOCCN(CCOCC)Cc1ccccc1Oc1cc(C(C)C)cc2cc3c(cc12)C(=N)NC3=N. The Morgan fingerprint density at radius 2 is 1.49 bits per heavy atom. The Bertz CT molecular complexity index is 1260. The van der Waals surface area contributed by atoms with E-state index < -0.39 is 0 Å². The first kappa shape index (κ1) is 26.8. The number of fused-ring (bicyclic) bond motifs is 2. The minimum absolute atomic E-state index is 0.250. The first-order chi connectivity index (χ1) is 17.9. The van der Waals surface area contributed by atoms with Gasteiger partial charge in [-0.2, -0.15) is 0 Å². The second-order valence-corrected chi connectivity index (χ2v) is 9.55. The summed E-state index contributed by atoms with van der Waals surface area (Å²) in [7, 11) is 0. The van der Waals surface area contributed by atoms with Gasteiger partial charge >= 0.3 is 0 Å². The topological polar surface area (TPSA) is 90.7 Å². The summed E-state index contributed by atoms with van der Waals surface area (Å²) in [5, 5.41) is 21.3. The van der Waals surface area contributed by atoms with E-state index in [4.69, 9.17) is 25.0 Å². The lowest BCUT2D eigenvalue weighted by atomic mass is 9.95. The minimum Gasteiger partial charge on any atom is -0.456 e. The van der Waals surface area contributed by atoms with E-state index in [9.17, 15) is 0 Å². The van der Waals surface area contributed by atoms with Gasteiger partial charge in [0.15, 0.2) is 0 Å². The highest BCUT2D eigenvalue weighted by atomic mass is 16.5. The molecule has 7 nitrogen and oxygen atoms in total. The third-order valence-electron chi connectivity index (χ3n) is 6.63. The van der Waals surface area contributed by atoms with E-state index in [0.717, 1.165) is 58.6 Å². The van der Waals surface area contributed by atoms with Crippen LogP contribution in [0.3, 0.4) is 0 Å². The van der Waals surface area contributed by atoms with Crippen molar-refractivity contribution in [3.8, 4) is 11.5 Å². The van der Waals surface area contributed by atoms with Crippen LogP contribution in [0.15, 0.2) is 48.5 Å². The molecule has 0 fully saturated rings. The van der Waals surface area contributed by atoms with Crippen molar-refractivity contribution in [1.29, 1.82) is 10.8 Å². The van der Waals surface area contributed by atoms with E-state index in [2.05, 4.69) is 42.3 Å². The Morgan fingerprint density at radius 1 is 0.838 bits per heavy atom. The molecule has 3 N–H and O–H groups in total. The van der Waals surface area contributed by atoms with Crippen LogP contribution in [-0.4, -0.2) is 56.1 Å². The average Bonchev–Trinajstić information content (AvgIpc) is 3.16. The molecule has 7 heteroatoms. The second-order valence-electron chi connectivity index (χ2n) is 9.55. The predicted octanol–water partition coefficient (Wildman–Crippen LogP) is 5.88. The van der Waals surface area contributed by atoms with Crippen molar-refractivity contribution in [1.82, 2.24) is 10.2 Å². The van der Waals surface area contributed by atoms with Gasteiger partial charge in [0, 0.05) is 54.9 Å². The summed E-state index contributed by atoms with van der Waals surface area (Å²) in [6, 6.07) is 16.4. The molecule has 0 atom stereocenters. The number of hydrogen-bond donors (Lipinski definition) is 3. The molecule has 0 unspecified atom stereocenters. The molecule has 1 aliphatic rings. The molecule has 0 bridgehead atoms. The van der Waals surface area contributed by atoms with Crippen molar-refractivity contribution < 1.29 is 14.2 Å². The van der Waals surface area contributed by atoms with Crippen LogP contribution in [0.2, 0.25) is 0 Å². The maximum absolute atomic E-state index is 8.27. The number of ether oxygens (including phenoxy) is 3. The zero-order valence-corrected chi connectivity index (χ0v) is 22.3. The van der Waals surface area contributed by atoms with Crippen molar-refractivity contribution in [3.05, 3.63) is 70.8 Å². The van der Waals surface area contributed by atoms with Gasteiger partial charge in [-0.05, 0) is 55.0 Å². The fraction of sp³-hybridized carbons (Fsp3) is 0.400. The van der Waals surface area contributed by atoms with E-state index in [-0.39, 0.29) is 11.7 Å². The van der Waals surface area contributed by atoms with Crippen molar-refractivity contribution >= 4 is 22.4 Å². The lowest BCUT2D eigenvalue weighted by Gasteiger charge is -2.24. The second kappa shape index (κ2) is 12.3. The lowest BCUT2D eigenvalue weighted by molar-refractivity contribution is 0.0795. The fourth-order valence-corrected chi connectivity index (χ4v) is 4.53. The molecule has 0 radical (unpaired) electrons. The van der Waals surface area contributed by atoms with E-state index in [1.165, 1.54) is 5.56 Å². The number of hydrogen-bond acceptors (Lipinski definition) is 6. The highest BCUT2D eigenvalue weighted by Crippen LogP contribution is 2.37. The van der Waals surface area contributed by atoms with Gasteiger partial charge in [-0.25, -0.2) is 0 Å². The van der Waals surface area contributed by atoms with Gasteiger partial charge in [0.1, 0.15) is 23.2 Å². The van der Waals surface area contributed by atoms with Gasteiger partial charge in [0.25, 0.3) is 0 Å². The normalized spacial score (nSPS) is 13.0.